The van der Waals surface area contributed by atoms with E-state index in [9.17, 15) is 4.79 Å². The van der Waals surface area contributed by atoms with Crippen molar-refractivity contribution < 1.29 is 4.79 Å². The molecule has 1 aliphatic carbocycles. The van der Waals surface area contributed by atoms with Crippen LogP contribution in [0.1, 0.15) is 37.0 Å². The highest BCUT2D eigenvalue weighted by molar-refractivity contribution is 7.10. The molecular formula is C14H19N5OS. The van der Waals surface area contributed by atoms with E-state index in [2.05, 4.69) is 32.2 Å². The molecule has 1 fully saturated rings. The largest absolute Gasteiger partial charge is 0.353 e. The van der Waals surface area contributed by atoms with E-state index in [-0.39, 0.29) is 11.3 Å². The molecule has 21 heavy (non-hydrogen) atoms. The van der Waals surface area contributed by atoms with Crippen LogP contribution in [0, 0.1) is 0 Å². The molecule has 1 N–H and O–H groups in total. The molecule has 0 radical (unpaired) electrons. The van der Waals surface area contributed by atoms with Crippen molar-refractivity contribution in [2.75, 3.05) is 6.54 Å². The number of nitrogens with zero attached hydrogens (tertiary/aromatic N) is 4. The summed E-state index contributed by atoms with van der Waals surface area (Å²) in [4.78, 5) is 15.5. The number of carbonyl (C=O) groups excluding carboxylic acids is 1. The lowest BCUT2D eigenvalue weighted by Crippen LogP contribution is -2.46. The first-order valence-electron chi connectivity index (χ1n) is 7.34. The Morgan fingerprint density at radius 2 is 2.24 bits per heavy atom. The van der Waals surface area contributed by atoms with Gasteiger partial charge < -0.3 is 5.32 Å². The lowest BCUT2D eigenvalue weighted by molar-refractivity contribution is -0.128. The number of hydrogen-bond donors (Lipinski definition) is 1. The number of amides is 1. The normalized spacial score (nSPS) is 17.5. The summed E-state index contributed by atoms with van der Waals surface area (Å²) in [7, 11) is 0. The summed E-state index contributed by atoms with van der Waals surface area (Å²) in [6, 6.07) is 4.12. The van der Waals surface area contributed by atoms with Gasteiger partial charge in [0, 0.05) is 11.4 Å². The molecule has 112 valence electrons. The third-order valence-electron chi connectivity index (χ3n) is 4.12. The van der Waals surface area contributed by atoms with Crippen molar-refractivity contribution in [2.24, 2.45) is 0 Å². The first kappa shape index (κ1) is 14.2. The van der Waals surface area contributed by atoms with Gasteiger partial charge in [0.15, 0.2) is 6.33 Å². The van der Waals surface area contributed by atoms with Crippen molar-refractivity contribution in [2.45, 2.75) is 44.1 Å². The Balaban J connectivity index is 1.66. The monoisotopic (exact) mass is 305 g/mol. The number of thiophene rings is 1. The lowest BCUT2D eigenvalue weighted by atomic mass is 9.72. The molecule has 0 bridgehead atoms. The maximum Gasteiger partial charge on any atom is 0.231 e. The van der Waals surface area contributed by atoms with Gasteiger partial charge >= 0.3 is 0 Å². The Morgan fingerprint density at radius 1 is 1.38 bits per heavy atom. The fourth-order valence-corrected chi connectivity index (χ4v) is 4.00. The SMILES string of the molecule is O=C(NCCn1ncnn1)C1(c2cccs2)CCCCC1. The minimum absolute atomic E-state index is 0.143. The molecule has 0 saturated heterocycles. The minimum atomic E-state index is -0.331. The summed E-state index contributed by atoms with van der Waals surface area (Å²) in [5, 5.41) is 16.5. The number of carbonyl (C=O) groups is 1. The highest BCUT2D eigenvalue weighted by Gasteiger charge is 2.41. The average molecular weight is 305 g/mol. The first-order chi connectivity index (χ1) is 10.3. The predicted octanol–water partition coefficient (Wildman–Crippen LogP) is 1.75. The van der Waals surface area contributed by atoms with Crippen molar-refractivity contribution in [3.05, 3.63) is 28.7 Å². The van der Waals surface area contributed by atoms with Gasteiger partial charge in [-0.15, -0.1) is 21.5 Å². The molecule has 2 aromatic heterocycles. The van der Waals surface area contributed by atoms with Crippen molar-refractivity contribution in [3.63, 3.8) is 0 Å². The van der Waals surface area contributed by atoms with E-state index in [1.54, 1.807) is 11.3 Å². The van der Waals surface area contributed by atoms with E-state index in [0.29, 0.717) is 13.1 Å². The molecule has 0 spiro atoms. The van der Waals surface area contributed by atoms with Crippen LogP contribution in [0.4, 0.5) is 0 Å². The lowest BCUT2D eigenvalue weighted by Gasteiger charge is -2.35. The van der Waals surface area contributed by atoms with Gasteiger partial charge in [0.05, 0.1) is 12.0 Å². The van der Waals surface area contributed by atoms with E-state index in [4.69, 9.17) is 0 Å². The van der Waals surface area contributed by atoms with Crippen LogP contribution in [0.5, 0.6) is 0 Å². The summed E-state index contributed by atoms with van der Waals surface area (Å²) in [6.07, 6.45) is 6.76. The van der Waals surface area contributed by atoms with E-state index in [1.807, 2.05) is 6.07 Å². The van der Waals surface area contributed by atoms with E-state index < -0.39 is 0 Å². The molecular weight excluding hydrogens is 286 g/mol. The highest BCUT2D eigenvalue weighted by atomic mass is 32.1. The molecule has 2 heterocycles. The second-order valence-corrected chi connectivity index (χ2v) is 6.36. The quantitative estimate of drug-likeness (QED) is 0.913. The van der Waals surface area contributed by atoms with E-state index >= 15 is 0 Å². The standard InChI is InChI=1S/C14H19N5OS/c20-13(15-8-9-19-17-11-16-18-19)14(6-2-1-3-7-14)12-5-4-10-21-12/h4-5,10-11H,1-3,6-9H2,(H,15,20). The first-order valence-corrected chi connectivity index (χ1v) is 8.22. The van der Waals surface area contributed by atoms with Crippen LogP contribution in [0.2, 0.25) is 0 Å². The molecule has 7 heteroatoms. The highest BCUT2D eigenvalue weighted by Crippen LogP contribution is 2.41. The van der Waals surface area contributed by atoms with Crippen LogP contribution in [-0.4, -0.2) is 32.7 Å². The zero-order valence-corrected chi connectivity index (χ0v) is 12.7. The topological polar surface area (TPSA) is 72.7 Å². The fourth-order valence-electron chi connectivity index (χ4n) is 3.02. The van der Waals surface area contributed by atoms with Gasteiger partial charge in [0.1, 0.15) is 0 Å². The third-order valence-corrected chi connectivity index (χ3v) is 5.20. The zero-order chi connectivity index (χ0) is 14.5. The van der Waals surface area contributed by atoms with Crippen LogP contribution < -0.4 is 5.32 Å². The van der Waals surface area contributed by atoms with Gasteiger partial charge in [0.2, 0.25) is 5.91 Å². The van der Waals surface area contributed by atoms with E-state index in [1.165, 1.54) is 22.4 Å². The summed E-state index contributed by atoms with van der Waals surface area (Å²) in [5.74, 6) is 0.143. The molecule has 2 aromatic rings. The molecule has 0 unspecified atom stereocenters. The number of tetrazole rings is 1. The number of nitrogens with one attached hydrogen (secondary N) is 1. The zero-order valence-electron chi connectivity index (χ0n) is 11.9. The van der Waals surface area contributed by atoms with Gasteiger partial charge in [-0.3, -0.25) is 4.79 Å². The van der Waals surface area contributed by atoms with Crippen LogP contribution in [0.15, 0.2) is 23.8 Å². The van der Waals surface area contributed by atoms with Crippen molar-refractivity contribution >= 4 is 17.2 Å². The Bertz CT molecular complexity index is 560. The maximum atomic E-state index is 12.8. The molecule has 0 atom stereocenters. The summed E-state index contributed by atoms with van der Waals surface area (Å²) in [5.41, 5.74) is -0.331. The van der Waals surface area contributed by atoms with Crippen LogP contribution >= 0.6 is 11.3 Å². The van der Waals surface area contributed by atoms with Gasteiger partial charge in [-0.1, -0.05) is 25.3 Å². The third kappa shape index (κ3) is 2.97. The molecule has 0 aromatic carbocycles. The van der Waals surface area contributed by atoms with Gasteiger partial charge in [0.25, 0.3) is 0 Å². The predicted molar refractivity (Wildman–Crippen MR) is 79.9 cm³/mol. The minimum Gasteiger partial charge on any atom is -0.353 e. The van der Waals surface area contributed by atoms with Crippen molar-refractivity contribution in [1.29, 1.82) is 0 Å². The number of hydrogen-bond acceptors (Lipinski definition) is 5. The summed E-state index contributed by atoms with van der Waals surface area (Å²) in [6.45, 7) is 1.08. The number of aromatic nitrogens is 4. The Labute approximate surface area is 127 Å². The summed E-state index contributed by atoms with van der Waals surface area (Å²) < 4.78 is 0. The molecule has 1 saturated carbocycles. The van der Waals surface area contributed by atoms with E-state index in [0.717, 1.165) is 25.7 Å². The Kier molecular flexibility index (Phi) is 4.28. The van der Waals surface area contributed by atoms with Gasteiger partial charge in [-0.25, -0.2) is 0 Å². The Morgan fingerprint density at radius 3 is 2.90 bits per heavy atom. The second-order valence-electron chi connectivity index (χ2n) is 5.41. The fraction of sp³-hybridized carbons (Fsp3) is 0.571. The maximum absolute atomic E-state index is 12.8. The van der Waals surface area contributed by atoms with Crippen LogP contribution in [0.3, 0.4) is 0 Å². The smallest absolute Gasteiger partial charge is 0.231 e. The average Bonchev–Trinajstić information content (AvgIpc) is 3.21. The molecule has 6 nitrogen and oxygen atoms in total. The molecule has 1 amide bonds. The number of rotatable bonds is 5. The molecule has 0 aliphatic heterocycles. The van der Waals surface area contributed by atoms with Gasteiger partial charge in [-0.2, -0.15) is 4.80 Å². The van der Waals surface area contributed by atoms with Crippen molar-refractivity contribution in [1.82, 2.24) is 25.5 Å². The van der Waals surface area contributed by atoms with Crippen LogP contribution in [-0.2, 0) is 16.8 Å². The molecule has 1 aliphatic rings. The Hall–Kier alpha value is -1.76. The van der Waals surface area contributed by atoms with Crippen molar-refractivity contribution in [3.8, 4) is 0 Å². The van der Waals surface area contributed by atoms with Gasteiger partial charge in [-0.05, 0) is 29.5 Å². The summed E-state index contributed by atoms with van der Waals surface area (Å²) >= 11 is 1.69. The molecule has 3 rings (SSSR count). The van der Waals surface area contributed by atoms with Crippen LogP contribution in [0.25, 0.3) is 0 Å². The second kappa shape index (κ2) is 6.34.